The summed E-state index contributed by atoms with van der Waals surface area (Å²) in [5.41, 5.74) is 1.90. The fourth-order valence-corrected chi connectivity index (χ4v) is 2.07. The van der Waals surface area contributed by atoms with Crippen LogP contribution in [0.2, 0.25) is 0 Å². The normalized spacial score (nSPS) is 10.8. The third-order valence-electron chi connectivity index (χ3n) is 3.10. The van der Waals surface area contributed by atoms with Gasteiger partial charge in [-0.25, -0.2) is 0 Å². The van der Waals surface area contributed by atoms with Crippen molar-refractivity contribution in [3.63, 3.8) is 0 Å². The van der Waals surface area contributed by atoms with E-state index < -0.39 is 0 Å². The number of ether oxygens (including phenoxy) is 1. The highest BCUT2D eigenvalue weighted by molar-refractivity contribution is 5.92. The van der Waals surface area contributed by atoms with Crippen LogP contribution in [0.4, 0.5) is 5.69 Å². The van der Waals surface area contributed by atoms with Crippen LogP contribution in [0.1, 0.15) is 32.4 Å². The van der Waals surface area contributed by atoms with E-state index in [0.717, 1.165) is 42.6 Å². The average Bonchev–Trinajstić information content (AvgIpc) is 2.50. The lowest BCUT2D eigenvalue weighted by atomic mass is 10.1. The highest BCUT2D eigenvalue weighted by Crippen LogP contribution is 2.23. The van der Waals surface area contributed by atoms with Crippen LogP contribution in [-0.2, 0) is 4.74 Å². The number of anilines is 1. The molecule has 2 aromatic rings. The molecule has 0 aliphatic carbocycles. The molecule has 0 atom stereocenters. The van der Waals surface area contributed by atoms with Gasteiger partial charge in [0.05, 0.1) is 17.3 Å². The first-order valence-corrected chi connectivity index (χ1v) is 7.23. The average molecular weight is 284 g/mol. The molecule has 1 aromatic heterocycles. The number of unbranched alkanes of at least 4 members (excludes halogenated alkanes) is 1. The second kappa shape index (κ2) is 7.55. The van der Waals surface area contributed by atoms with Crippen molar-refractivity contribution < 1.29 is 4.74 Å². The van der Waals surface area contributed by atoms with Gasteiger partial charge in [-0.2, -0.15) is 5.26 Å². The molecule has 0 fully saturated rings. The molecule has 1 N–H and O–H groups in total. The molecule has 0 aliphatic heterocycles. The Labute approximate surface area is 124 Å². The minimum atomic E-state index is 0.275. The lowest BCUT2D eigenvalue weighted by Crippen LogP contribution is -2.09. The zero-order chi connectivity index (χ0) is 15.1. The van der Waals surface area contributed by atoms with Gasteiger partial charge in [0.2, 0.25) is 0 Å². The van der Waals surface area contributed by atoms with Gasteiger partial charge in [0.25, 0.3) is 0 Å². The van der Waals surface area contributed by atoms with Crippen molar-refractivity contribution >= 4 is 16.6 Å². The summed E-state index contributed by atoms with van der Waals surface area (Å²) in [6.07, 6.45) is 2.24. The Hall–Kier alpha value is -2.19. The van der Waals surface area contributed by atoms with E-state index in [9.17, 15) is 0 Å². The number of rotatable bonds is 7. The van der Waals surface area contributed by atoms with E-state index in [1.165, 1.54) is 0 Å². The third-order valence-corrected chi connectivity index (χ3v) is 3.10. The Balaban J connectivity index is 1.99. The van der Waals surface area contributed by atoms with Gasteiger partial charge in [-0.3, -0.25) is 0 Å². The molecular formula is C16H20N4O. The minimum absolute atomic E-state index is 0.275. The molecule has 1 aromatic carbocycles. The highest BCUT2D eigenvalue weighted by atomic mass is 16.5. The predicted octanol–water partition coefficient (Wildman–Crippen LogP) is 3.12. The van der Waals surface area contributed by atoms with Crippen molar-refractivity contribution in [2.75, 3.05) is 18.5 Å². The number of nitrogens with one attached hydrogen (secondary N) is 1. The molecule has 21 heavy (non-hydrogen) atoms. The van der Waals surface area contributed by atoms with Crippen molar-refractivity contribution in [3.05, 3.63) is 30.0 Å². The molecule has 0 saturated heterocycles. The van der Waals surface area contributed by atoms with Gasteiger partial charge in [-0.1, -0.05) is 18.2 Å². The maximum absolute atomic E-state index is 9.17. The number of nitriles is 1. The number of benzene rings is 1. The minimum Gasteiger partial charge on any atom is -0.382 e. The van der Waals surface area contributed by atoms with Crippen molar-refractivity contribution in [1.29, 1.82) is 5.26 Å². The number of hydrogen-bond donors (Lipinski definition) is 1. The molecule has 0 amide bonds. The Bertz CT molecular complexity index is 634. The Morgan fingerprint density at radius 1 is 1.24 bits per heavy atom. The van der Waals surface area contributed by atoms with Gasteiger partial charge in [-0.05, 0) is 32.8 Å². The molecule has 5 nitrogen and oxygen atoms in total. The molecule has 0 spiro atoms. The fourth-order valence-electron chi connectivity index (χ4n) is 2.07. The SMILES string of the molecule is CC(C)OCCCCNc1c(C#N)nnc2ccccc12. The maximum Gasteiger partial charge on any atom is 0.186 e. The molecule has 0 aliphatic rings. The van der Waals surface area contributed by atoms with Crippen LogP contribution in [0.15, 0.2) is 24.3 Å². The van der Waals surface area contributed by atoms with Gasteiger partial charge in [0, 0.05) is 18.5 Å². The molecular weight excluding hydrogens is 264 g/mol. The zero-order valence-electron chi connectivity index (χ0n) is 12.5. The number of nitrogens with zero attached hydrogens (tertiary/aromatic N) is 3. The van der Waals surface area contributed by atoms with Crippen LogP contribution in [0.3, 0.4) is 0 Å². The molecule has 110 valence electrons. The van der Waals surface area contributed by atoms with Gasteiger partial charge >= 0.3 is 0 Å². The van der Waals surface area contributed by atoms with E-state index in [1.54, 1.807) is 0 Å². The summed E-state index contributed by atoms with van der Waals surface area (Å²) in [5.74, 6) is 0. The first-order chi connectivity index (χ1) is 10.2. The second-order valence-electron chi connectivity index (χ2n) is 5.11. The highest BCUT2D eigenvalue weighted by Gasteiger charge is 2.09. The molecule has 2 rings (SSSR count). The van der Waals surface area contributed by atoms with Crippen LogP contribution in [0.25, 0.3) is 10.9 Å². The van der Waals surface area contributed by atoms with Crippen LogP contribution in [-0.4, -0.2) is 29.5 Å². The van der Waals surface area contributed by atoms with E-state index in [2.05, 4.69) is 21.6 Å². The van der Waals surface area contributed by atoms with E-state index in [0.29, 0.717) is 5.69 Å². The summed E-state index contributed by atoms with van der Waals surface area (Å²) in [6.45, 7) is 5.62. The standard InChI is InChI=1S/C16H20N4O/c1-12(2)21-10-6-5-9-18-16-13-7-3-4-8-14(13)19-20-15(16)11-17/h3-4,7-8,12H,5-6,9-10H2,1-2H3,(H,18,19). The topological polar surface area (TPSA) is 70.8 Å². The second-order valence-corrected chi connectivity index (χ2v) is 5.11. The van der Waals surface area contributed by atoms with Crippen LogP contribution >= 0.6 is 0 Å². The Morgan fingerprint density at radius 2 is 2.05 bits per heavy atom. The van der Waals surface area contributed by atoms with E-state index in [4.69, 9.17) is 10.00 Å². The largest absolute Gasteiger partial charge is 0.382 e. The van der Waals surface area contributed by atoms with Crippen molar-refractivity contribution in [3.8, 4) is 6.07 Å². The van der Waals surface area contributed by atoms with Crippen LogP contribution in [0.5, 0.6) is 0 Å². The van der Waals surface area contributed by atoms with Crippen molar-refractivity contribution in [2.24, 2.45) is 0 Å². The number of fused-ring (bicyclic) bond motifs is 1. The van der Waals surface area contributed by atoms with Gasteiger partial charge in [0.1, 0.15) is 6.07 Å². The van der Waals surface area contributed by atoms with E-state index in [-0.39, 0.29) is 6.10 Å². The van der Waals surface area contributed by atoms with Crippen molar-refractivity contribution in [2.45, 2.75) is 32.8 Å². The van der Waals surface area contributed by atoms with Crippen LogP contribution in [0, 0.1) is 11.3 Å². The summed E-state index contributed by atoms with van der Waals surface area (Å²) in [7, 11) is 0. The molecule has 0 saturated carbocycles. The molecule has 5 heteroatoms. The molecule has 0 bridgehead atoms. The summed E-state index contributed by atoms with van der Waals surface area (Å²) < 4.78 is 5.51. The Kier molecular flexibility index (Phi) is 5.47. The quantitative estimate of drug-likeness (QED) is 0.791. The van der Waals surface area contributed by atoms with Crippen molar-refractivity contribution in [1.82, 2.24) is 10.2 Å². The zero-order valence-corrected chi connectivity index (χ0v) is 12.5. The monoisotopic (exact) mass is 284 g/mol. The summed E-state index contributed by atoms with van der Waals surface area (Å²) in [6, 6.07) is 9.79. The lowest BCUT2D eigenvalue weighted by Gasteiger charge is -2.11. The predicted molar refractivity (Wildman–Crippen MR) is 83.1 cm³/mol. The molecule has 0 unspecified atom stereocenters. The summed E-state index contributed by atoms with van der Waals surface area (Å²) >= 11 is 0. The molecule has 0 radical (unpaired) electrons. The van der Waals surface area contributed by atoms with E-state index >= 15 is 0 Å². The third kappa shape index (κ3) is 4.14. The fraction of sp³-hybridized carbons (Fsp3) is 0.438. The number of hydrogen-bond acceptors (Lipinski definition) is 5. The first kappa shape index (κ1) is 15.2. The molecule has 1 heterocycles. The number of aromatic nitrogens is 2. The van der Waals surface area contributed by atoms with Gasteiger partial charge in [-0.15, -0.1) is 10.2 Å². The maximum atomic E-state index is 9.17. The van der Waals surface area contributed by atoms with Gasteiger partial charge < -0.3 is 10.1 Å². The first-order valence-electron chi connectivity index (χ1n) is 7.23. The summed E-state index contributed by atoms with van der Waals surface area (Å²) in [5, 5.41) is 21.4. The van der Waals surface area contributed by atoms with Crippen LogP contribution < -0.4 is 5.32 Å². The smallest absolute Gasteiger partial charge is 0.186 e. The van der Waals surface area contributed by atoms with E-state index in [1.807, 2.05) is 38.1 Å². The summed E-state index contributed by atoms with van der Waals surface area (Å²) in [4.78, 5) is 0. The van der Waals surface area contributed by atoms with Gasteiger partial charge in [0.15, 0.2) is 5.69 Å². The Morgan fingerprint density at radius 3 is 2.81 bits per heavy atom. The lowest BCUT2D eigenvalue weighted by molar-refractivity contribution is 0.0765.